The number of aromatic nitrogens is 4. The Morgan fingerprint density at radius 2 is 1.78 bits per heavy atom. The molecule has 0 saturated heterocycles. The molecule has 3 rings (SSSR count). The van der Waals surface area contributed by atoms with Gasteiger partial charge in [-0.25, -0.2) is 9.97 Å². The minimum absolute atomic E-state index is 0.0694. The number of hydrogen-bond donors (Lipinski definition) is 0. The topological polar surface area (TPSA) is 75.1 Å². The molecule has 0 aliphatic heterocycles. The van der Waals surface area contributed by atoms with Crippen LogP contribution in [-0.4, -0.2) is 51.9 Å². The van der Waals surface area contributed by atoms with E-state index in [1.807, 2.05) is 56.3 Å². The lowest BCUT2D eigenvalue weighted by Gasteiger charge is -2.17. The van der Waals surface area contributed by atoms with Gasteiger partial charge < -0.3 is 9.80 Å². The van der Waals surface area contributed by atoms with Crippen molar-refractivity contribution in [2.45, 2.75) is 13.5 Å². The van der Waals surface area contributed by atoms with Crippen LogP contribution in [0.15, 0.2) is 48.9 Å². The van der Waals surface area contributed by atoms with Crippen LogP contribution in [0.25, 0.3) is 11.3 Å². The Kier molecular flexibility index (Phi) is 5.40. The number of amides is 1. The predicted molar refractivity (Wildman–Crippen MR) is 104 cm³/mol. The smallest absolute Gasteiger partial charge is 0.253 e. The summed E-state index contributed by atoms with van der Waals surface area (Å²) in [7, 11) is 5.57. The molecule has 0 saturated carbocycles. The number of carbonyl (C=O) groups is 1. The van der Waals surface area contributed by atoms with Crippen molar-refractivity contribution in [3.63, 3.8) is 0 Å². The molecule has 7 heteroatoms. The lowest BCUT2D eigenvalue weighted by atomic mass is 10.1. The molecule has 0 aliphatic carbocycles. The third-order valence-corrected chi connectivity index (χ3v) is 4.03. The molecular formula is C20H22N6O. The molecule has 0 atom stereocenters. The molecule has 2 heterocycles. The third-order valence-electron chi connectivity index (χ3n) is 4.03. The second-order valence-electron chi connectivity index (χ2n) is 6.52. The van der Waals surface area contributed by atoms with Gasteiger partial charge in [-0.05, 0) is 25.1 Å². The molecule has 0 spiro atoms. The Morgan fingerprint density at radius 1 is 1.04 bits per heavy atom. The number of aryl methyl sites for hydroxylation is 1. The minimum Gasteiger partial charge on any atom is -0.347 e. The summed E-state index contributed by atoms with van der Waals surface area (Å²) in [4.78, 5) is 33.3. The molecule has 27 heavy (non-hydrogen) atoms. The van der Waals surface area contributed by atoms with E-state index in [0.29, 0.717) is 18.1 Å². The van der Waals surface area contributed by atoms with Crippen molar-refractivity contribution in [3.05, 3.63) is 65.9 Å². The second-order valence-corrected chi connectivity index (χ2v) is 6.52. The van der Waals surface area contributed by atoms with Crippen LogP contribution in [0, 0.1) is 6.92 Å². The van der Waals surface area contributed by atoms with Crippen molar-refractivity contribution in [1.29, 1.82) is 0 Å². The van der Waals surface area contributed by atoms with E-state index in [2.05, 4.69) is 19.9 Å². The van der Waals surface area contributed by atoms with Crippen LogP contribution < -0.4 is 4.90 Å². The summed E-state index contributed by atoms with van der Waals surface area (Å²) in [5.74, 6) is 0.592. The van der Waals surface area contributed by atoms with E-state index in [1.165, 1.54) is 0 Å². The summed E-state index contributed by atoms with van der Waals surface area (Å²) >= 11 is 0. The van der Waals surface area contributed by atoms with Crippen molar-refractivity contribution < 1.29 is 4.79 Å². The maximum absolute atomic E-state index is 12.6. The fourth-order valence-electron chi connectivity index (χ4n) is 2.63. The highest BCUT2D eigenvalue weighted by molar-refractivity contribution is 5.94. The fraction of sp³-hybridized carbons (Fsp3) is 0.250. The Bertz CT molecular complexity index is 925. The first-order valence-corrected chi connectivity index (χ1v) is 8.58. The molecule has 0 bridgehead atoms. The van der Waals surface area contributed by atoms with E-state index in [0.717, 1.165) is 22.6 Å². The van der Waals surface area contributed by atoms with Crippen molar-refractivity contribution in [2.75, 3.05) is 26.0 Å². The molecule has 0 radical (unpaired) electrons. The lowest BCUT2D eigenvalue weighted by Crippen LogP contribution is -2.26. The normalized spacial score (nSPS) is 10.5. The van der Waals surface area contributed by atoms with Crippen LogP contribution in [-0.2, 0) is 6.54 Å². The van der Waals surface area contributed by atoms with Crippen molar-refractivity contribution in [2.24, 2.45) is 0 Å². The number of benzene rings is 1. The molecule has 0 aliphatic rings. The minimum atomic E-state index is -0.0694. The van der Waals surface area contributed by atoms with Gasteiger partial charge in [-0.1, -0.05) is 12.1 Å². The highest BCUT2D eigenvalue weighted by Gasteiger charge is 2.13. The first-order valence-electron chi connectivity index (χ1n) is 8.58. The summed E-state index contributed by atoms with van der Waals surface area (Å²) in [6, 6.07) is 9.38. The van der Waals surface area contributed by atoms with Gasteiger partial charge in [-0.3, -0.25) is 14.8 Å². The summed E-state index contributed by atoms with van der Waals surface area (Å²) in [6.45, 7) is 2.35. The number of nitrogens with zero attached hydrogens (tertiary/aromatic N) is 6. The predicted octanol–water partition coefficient (Wildman–Crippen LogP) is 2.58. The Labute approximate surface area is 158 Å². The first kappa shape index (κ1) is 18.4. The van der Waals surface area contributed by atoms with Gasteiger partial charge >= 0.3 is 0 Å². The molecule has 7 nitrogen and oxygen atoms in total. The fourth-order valence-corrected chi connectivity index (χ4v) is 2.63. The highest BCUT2D eigenvalue weighted by Crippen LogP contribution is 2.21. The number of carbonyl (C=O) groups excluding carboxylic acids is 1. The number of hydrogen-bond acceptors (Lipinski definition) is 6. The van der Waals surface area contributed by atoms with Gasteiger partial charge in [0.25, 0.3) is 5.91 Å². The second kappa shape index (κ2) is 7.90. The van der Waals surface area contributed by atoms with Crippen LogP contribution in [0.2, 0.25) is 0 Å². The van der Waals surface area contributed by atoms with Gasteiger partial charge in [0.15, 0.2) is 0 Å². The Balaban J connectivity index is 1.78. The lowest BCUT2D eigenvalue weighted by molar-refractivity contribution is 0.0783. The molecule has 2 aromatic heterocycles. The molecule has 0 unspecified atom stereocenters. The molecule has 0 N–H and O–H groups in total. The molecular weight excluding hydrogens is 340 g/mol. The van der Waals surface area contributed by atoms with Crippen molar-refractivity contribution in [3.8, 4) is 11.3 Å². The highest BCUT2D eigenvalue weighted by atomic mass is 16.2. The van der Waals surface area contributed by atoms with Gasteiger partial charge in [0, 0.05) is 50.4 Å². The molecule has 3 aromatic rings. The summed E-state index contributed by atoms with van der Waals surface area (Å²) < 4.78 is 0. The van der Waals surface area contributed by atoms with Crippen LogP contribution in [0.3, 0.4) is 0 Å². The quantitative estimate of drug-likeness (QED) is 0.694. The van der Waals surface area contributed by atoms with Gasteiger partial charge in [0.1, 0.15) is 0 Å². The zero-order valence-corrected chi connectivity index (χ0v) is 15.9. The van der Waals surface area contributed by atoms with E-state index < -0.39 is 0 Å². The summed E-state index contributed by atoms with van der Waals surface area (Å²) in [5, 5.41) is 0. The summed E-state index contributed by atoms with van der Waals surface area (Å²) in [5.41, 5.74) is 4.03. The van der Waals surface area contributed by atoms with Crippen LogP contribution in [0.4, 0.5) is 5.95 Å². The van der Waals surface area contributed by atoms with Crippen LogP contribution in [0.1, 0.15) is 21.7 Å². The zero-order valence-electron chi connectivity index (χ0n) is 15.9. The number of anilines is 1. The van der Waals surface area contributed by atoms with Gasteiger partial charge in [0.05, 0.1) is 24.1 Å². The van der Waals surface area contributed by atoms with E-state index >= 15 is 0 Å². The van der Waals surface area contributed by atoms with Gasteiger partial charge in [-0.15, -0.1) is 0 Å². The monoisotopic (exact) mass is 362 g/mol. The third kappa shape index (κ3) is 4.44. The van der Waals surface area contributed by atoms with Crippen LogP contribution >= 0.6 is 0 Å². The van der Waals surface area contributed by atoms with Gasteiger partial charge in [0.2, 0.25) is 5.95 Å². The Morgan fingerprint density at radius 3 is 2.41 bits per heavy atom. The van der Waals surface area contributed by atoms with E-state index in [9.17, 15) is 4.79 Å². The molecule has 138 valence electrons. The average molecular weight is 362 g/mol. The van der Waals surface area contributed by atoms with Crippen molar-refractivity contribution in [1.82, 2.24) is 24.8 Å². The largest absolute Gasteiger partial charge is 0.347 e. The standard InChI is InChI=1S/C20H22N6O/c1-14-11-18(24-20(23-14)25(2)3)15-5-7-16(8-6-15)19(27)26(4)13-17-12-21-9-10-22-17/h5-12H,13H2,1-4H3. The Hall–Kier alpha value is -3.35. The maximum atomic E-state index is 12.6. The average Bonchev–Trinajstić information content (AvgIpc) is 2.67. The maximum Gasteiger partial charge on any atom is 0.253 e. The van der Waals surface area contributed by atoms with Crippen molar-refractivity contribution >= 4 is 11.9 Å². The molecule has 1 aromatic carbocycles. The zero-order chi connectivity index (χ0) is 19.4. The SMILES string of the molecule is Cc1cc(-c2ccc(C(=O)N(C)Cc3cnccn3)cc2)nc(N(C)C)n1. The van der Waals surface area contributed by atoms with Gasteiger partial charge in [-0.2, -0.15) is 0 Å². The van der Waals surface area contributed by atoms with E-state index in [1.54, 1.807) is 30.5 Å². The molecule has 0 fully saturated rings. The van der Waals surface area contributed by atoms with Crippen LogP contribution in [0.5, 0.6) is 0 Å². The number of rotatable bonds is 5. The first-order chi connectivity index (χ1) is 12.9. The van der Waals surface area contributed by atoms with E-state index in [-0.39, 0.29) is 5.91 Å². The molecule has 1 amide bonds. The van der Waals surface area contributed by atoms with E-state index in [4.69, 9.17) is 0 Å². The summed E-state index contributed by atoms with van der Waals surface area (Å²) in [6.07, 6.45) is 4.89.